The molecule has 6 nitrogen and oxygen atoms in total. The maximum atomic E-state index is 11.6. The quantitative estimate of drug-likeness (QED) is 0.932. The first kappa shape index (κ1) is 15.1. The van der Waals surface area contributed by atoms with E-state index in [-0.39, 0.29) is 11.7 Å². The predicted octanol–water partition coefficient (Wildman–Crippen LogP) is 1.70. The zero-order valence-electron chi connectivity index (χ0n) is 12.3. The summed E-state index contributed by atoms with van der Waals surface area (Å²) in [6.07, 6.45) is 1.46. The van der Waals surface area contributed by atoms with E-state index >= 15 is 0 Å². The number of H-pyrrole nitrogens is 1. The monoisotopic (exact) mass is 320 g/mol. The Morgan fingerprint density at radius 2 is 2.36 bits per heavy atom. The summed E-state index contributed by atoms with van der Waals surface area (Å²) in [6, 6.07) is 5.26. The molecule has 3 rings (SSSR count). The number of nitrogens with one attached hydrogen (secondary N) is 1. The topological polar surface area (TPSA) is 71.1 Å². The van der Waals surface area contributed by atoms with Crippen LogP contribution in [0.15, 0.2) is 29.2 Å². The molecule has 0 bridgehead atoms. The summed E-state index contributed by atoms with van der Waals surface area (Å²) in [4.78, 5) is 25.1. The van der Waals surface area contributed by atoms with E-state index in [4.69, 9.17) is 16.3 Å². The van der Waals surface area contributed by atoms with Crippen molar-refractivity contribution in [2.75, 3.05) is 19.7 Å². The molecule has 0 saturated carbocycles. The molecular weight excluding hydrogens is 304 g/mol. The van der Waals surface area contributed by atoms with Crippen molar-refractivity contribution in [3.05, 3.63) is 57.0 Å². The Hall–Kier alpha value is -1.76. The van der Waals surface area contributed by atoms with Gasteiger partial charge in [-0.25, -0.2) is 4.98 Å². The third kappa shape index (κ3) is 3.71. The normalized spacial score (nSPS) is 19.3. The van der Waals surface area contributed by atoms with Crippen molar-refractivity contribution in [2.24, 2.45) is 0 Å². The minimum atomic E-state index is -0.193. The molecule has 1 saturated heterocycles. The van der Waals surface area contributed by atoms with Crippen LogP contribution in [0.3, 0.4) is 0 Å². The van der Waals surface area contributed by atoms with Gasteiger partial charge >= 0.3 is 0 Å². The van der Waals surface area contributed by atoms with Crippen LogP contribution in [0.2, 0.25) is 5.02 Å². The molecule has 1 aliphatic rings. The van der Waals surface area contributed by atoms with Crippen LogP contribution in [0.4, 0.5) is 0 Å². The van der Waals surface area contributed by atoms with Crippen molar-refractivity contribution < 1.29 is 4.74 Å². The zero-order valence-corrected chi connectivity index (χ0v) is 13.0. The van der Waals surface area contributed by atoms with Gasteiger partial charge in [-0.2, -0.15) is 0 Å². The number of aromatic nitrogens is 3. The first-order valence-electron chi connectivity index (χ1n) is 7.12. The van der Waals surface area contributed by atoms with Gasteiger partial charge in [0.2, 0.25) is 0 Å². The maximum absolute atomic E-state index is 11.6. The Kier molecular flexibility index (Phi) is 4.52. The van der Waals surface area contributed by atoms with E-state index in [1.165, 1.54) is 6.07 Å². The lowest BCUT2D eigenvalue weighted by atomic mass is 10.2. The van der Waals surface area contributed by atoms with Gasteiger partial charge in [0.05, 0.1) is 23.0 Å². The molecule has 1 fully saturated rings. The Morgan fingerprint density at radius 1 is 1.50 bits per heavy atom. The summed E-state index contributed by atoms with van der Waals surface area (Å²) < 4.78 is 5.76. The number of nitrogens with zero attached hydrogens (tertiary/aromatic N) is 3. The van der Waals surface area contributed by atoms with Crippen LogP contribution >= 0.6 is 11.6 Å². The van der Waals surface area contributed by atoms with Gasteiger partial charge in [-0.05, 0) is 19.1 Å². The van der Waals surface area contributed by atoms with Gasteiger partial charge in [-0.15, -0.1) is 0 Å². The molecule has 1 aliphatic heterocycles. The van der Waals surface area contributed by atoms with Crippen LogP contribution in [0.1, 0.15) is 23.3 Å². The molecule has 7 heteroatoms. The molecule has 22 heavy (non-hydrogen) atoms. The second kappa shape index (κ2) is 6.56. The van der Waals surface area contributed by atoms with Crippen LogP contribution in [-0.4, -0.2) is 39.5 Å². The van der Waals surface area contributed by atoms with E-state index in [9.17, 15) is 4.79 Å². The van der Waals surface area contributed by atoms with E-state index in [0.717, 1.165) is 18.8 Å². The number of ether oxygens (including phenoxy) is 1. The average Bonchev–Trinajstić information content (AvgIpc) is 2.49. The minimum Gasteiger partial charge on any atom is -0.369 e. The number of morpholine rings is 1. The van der Waals surface area contributed by atoms with Crippen LogP contribution in [0.25, 0.3) is 0 Å². The van der Waals surface area contributed by atoms with Crippen LogP contribution in [-0.2, 0) is 11.3 Å². The predicted molar refractivity (Wildman–Crippen MR) is 82.8 cm³/mol. The van der Waals surface area contributed by atoms with Gasteiger partial charge in [-0.3, -0.25) is 14.7 Å². The van der Waals surface area contributed by atoms with Crippen molar-refractivity contribution in [3.8, 4) is 0 Å². The lowest BCUT2D eigenvalue weighted by Gasteiger charge is -2.32. The number of aromatic amines is 1. The van der Waals surface area contributed by atoms with Crippen LogP contribution in [0, 0.1) is 6.92 Å². The van der Waals surface area contributed by atoms with Crippen molar-refractivity contribution in [3.63, 3.8) is 0 Å². The fourth-order valence-corrected chi connectivity index (χ4v) is 2.63. The summed E-state index contributed by atoms with van der Waals surface area (Å²) in [5.41, 5.74) is 1.48. The van der Waals surface area contributed by atoms with Crippen LogP contribution < -0.4 is 5.56 Å². The molecular formula is C15H17ClN4O2. The molecule has 1 atom stereocenters. The van der Waals surface area contributed by atoms with Gasteiger partial charge in [0.25, 0.3) is 5.56 Å². The van der Waals surface area contributed by atoms with Crippen molar-refractivity contribution >= 4 is 11.6 Å². The number of hydrogen-bond acceptors (Lipinski definition) is 5. The number of rotatable bonds is 3. The van der Waals surface area contributed by atoms with E-state index in [1.807, 2.05) is 12.1 Å². The summed E-state index contributed by atoms with van der Waals surface area (Å²) in [5, 5.41) is 0.631. The first-order chi connectivity index (χ1) is 10.6. The highest BCUT2D eigenvalue weighted by atomic mass is 35.5. The number of hydrogen-bond donors (Lipinski definition) is 1. The molecule has 3 heterocycles. The largest absolute Gasteiger partial charge is 0.369 e. The maximum Gasteiger partial charge on any atom is 0.251 e. The highest BCUT2D eigenvalue weighted by Gasteiger charge is 2.24. The van der Waals surface area contributed by atoms with Gasteiger partial charge in [0.15, 0.2) is 0 Å². The summed E-state index contributed by atoms with van der Waals surface area (Å²) in [7, 11) is 0. The van der Waals surface area contributed by atoms with Crippen molar-refractivity contribution in [2.45, 2.75) is 19.6 Å². The van der Waals surface area contributed by atoms with E-state index in [0.29, 0.717) is 29.7 Å². The molecule has 0 radical (unpaired) electrons. The minimum absolute atomic E-state index is 0.150. The molecule has 2 aromatic heterocycles. The van der Waals surface area contributed by atoms with Gasteiger partial charge in [0.1, 0.15) is 11.9 Å². The molecule has 0 aromatic carbocycles. The van der Waals surface area contributed by atoms with Gasteiger partial charge in [0, 0.05) is 31.9 Å². The molecule has 2 aromatic rings. The molecule has 0 unspecified atom stereocenters. The average molecular weight is 321 g/mol. The highest BCUT2D eigenvalue weighted by molar-refractivity contribution is 6.30. The summed E-state index contributed by atoms with van der Waals surface area (Å²) in [5.74, 6) is 0.600. The first-order valence-corrected chi connectivity index (χ1v) is 7.50. The summed E-state index contributed by atoms with van der Waals surface area (Å²) >= 11 is 5.85. The third-order valence-corrected chi connectivity index (χ3v) is 3.76. The SMILES string of the molecule is Cc1nc([C@H]2CN(Cc3ccc(Cl)cn3)CCO2)cc(=O)[nH]1. The molecule has 0 spiro atoms. The standard InChI is InChI=1S/C15H17ClN4O2/c1-10-18-13(6-15(21)19-10)14-9-20(4-5-22-14)8-12-3-2-11(16)7-17-12/h2-3,6-7,14H,4-5,8-9H2,1H3,(H,18,19,21)/t14-/m1/s1. The lowest BCUT2D eigenvalue weighted by molar-refractivity contribution is -0.0355. The second-order valence-corrected chi connectivity index (χ2v) is 5.75. The van der Waals surface area contributed by atoms with E-state index < -0.39 is 0 Å². The number of aryl methyl sites for hydroxylation is 1. The van der Waals surface area contributed by atoms with Gasteiger partial charge in [-0.1, -0.05) is 11.6 Å². The number of halogens is 1. The van der Waals surface area contributed by atoms with Crippen molar-refractivity contribution in [1.29, 1.82) is 0 Å². The Morgan fingerprint density at radius 3 is 3.09 bits per heavy atom. The molecule has 1 N–H and O–H groups in total. The third-order valence-electron chi connectivity index (χ3n) is 3.53. The number of pyridine rings is 1. The molecule has 0 aliphatic carbocycles. The molecule has 116 valence electrons. The summed E-state index contributed by atoms with van der Waals surface area (Å²) in [6.45, 7) is 4.59. The molecule has 0 amide bonds. The highest BCUT2D eigenvalue weighted by Crippen LogP contribution is 2.21. The Bertz CT molecular complexity index is 701. The smallest absolute Gasteiger partial charge is 0.251 e. The fourth-order valence-electron chi connectivity index (χ4n) is 2.52. The zero-order chi connectivity index (χ0) is 15.5. The van der Waals surface area contributed by atoms with E-state index in [1.54, 1.807) is 13.1 Å². The lowest BCUT2D eigenvalue weighted by Crippen LogP contribution is -2.38. The Balaban J connectivity index is 1.71. The van der Waals surface area contributed by atoms with Crippen molar-refractivity contribution in [1.82, 2.24) is 19.9 Å². The van der Waals surface area contributed by atoms with Crippen LogP contribution in [0.5, 0.6) is 0 Å². The Labute approximate surface area is 133 Å². The van der Waals surface area contributed by atoms with E-state index in [2.05, 4.69) is 19.9 Å². The fraction of sp³-hybridized carbons (Fsp3) is 0.400. The van der Waals surface area contributed by atoms with Gasteiger partial charge < -0.3 is 9.72 Å². The second-order valence-electron chi connectivity index (χ2n) is 5.32.